The van der Waals surface area contributed by atoms with Crippen molar-refractivity contribution in [2.45, 2.75) is 0 Å². The Morgan fingerprint density at radius 3 is 2.50 bits per heavy atom. The molecule has 1 aromatic heterocycles. The molecule has 0 aliphatic carbocycles. The molecule has 1 amide bonds. The van der Waals surface area contributed by atoms with Crippen molar-refractivity contribution in [2.24, 2.45) is 0 Å². The molecule has 0 radical (unpaired) electrons. The second-order valence-corrected chi connectivity index (χ2v) is 6.91. The van der Waals surface area contributed by atoms with Crippen LogP contribution in [0.2, 0.25) is 0 Å². The minimum atomic E-state index is -1.24. The van der Waals surface area contributed by atoms with Gasteiger partial charge in [-0.2, -0.15) is 0 Å². The summed E-state index contributed by atoms with van der Waals surface area (Å²) >= 11 is 7.68. The molecule has 0 unspecified atom stereocenters. The molecule has 0 aliphatic rings. The number of aromatic carboxylic acids is 1. The average Bonchev–Trinajstić information content (AvgIpc) is 2.69. The van der Waals surface area contributed by atoms with Crippen LogP contribution in [0.3, 0.4) is 0 Å². The first-order valence-electron chi connectivity index (χ1n) is 5.17. The fraction of sp³-hybridized carbons (Fsp3) is 0. The molecule has 2 rings (SSSR count). The lowest BCUT2D eigenvalue weighted by atomic mass is 10.1. The van der Waals surface area contributed by atoms with Crippen LogP contribution in [0.15, 0.2) is 32.5 Å². The highest BCUT2D eigenvalue weighted by Gasteiger charge is 2.16. The largest absolute Gasteiger partial charge is 0.478 e. The van der Waals surface area contributed by atoms with Gasteiger partial charge in [0, 0.05) is 4.47 Å². The number of hydrogen-bond donors (Lipinski definition) is 2. The number of amides is 1. The minimum absolute atomic E-state index is 0.0804. The highest BCUT2D eigenvalue weighted by atomic mass is 79.9. The maximum Gasteiger partial charge on any atom is 0.337 e. The van der Waals surface area contributed by atoms with Crippen LogP contribution in [0, 0.1) is 5.82 Å². The molecule has 8 heteroatoms. The van der Waals surface area contributed by atoms with Gasteiger partial charge in [0.15, 0.2) is 0 Å². The van der Waals surface area contributed by atoms with E-state index in [0.29, 0.717) is 9.35 Å². The predicted molar refractivity (Wildman–Crippen MR) is 81.0 cm³/mol. The standard InChI is InChI=1S/C12H6Br2FNO3S/c13-7-4-9(20-10(7)14)11(17)16-8-3-5(15)1-2-6(8)12(18)19/h1-4H,(H,16,17)(H,18,19). The van der Waals surface area contributed by atoms with E-state index < -0.39 is 17.7 Å². The van der Waals surface area contributed by atoms with Gasteiger partial charge < -0.3 is 10.4 Å². The summed E-state index contributed by atoms with van der Waals surface area (Å²) in [5, 5.41) is 11.4. The zero-order chi connectivity index (χ0) is 14.9. The van der Waals surface area contributed by atoms with Crippen LogP contribution >= 0.6 is 43.2 Å². The van der Waals surface area contributed by atoms with E-state index in [0.717, 1.165) is 22.0 Å². The summed E-state index contributed by atoms with van der Waals surface area (Å²) in [7, 11) is 0. The van der Waals surface area contributed by atoms with E-state index in [1.165, 1.54) is 11.3 Å². The molecule has 2 N–H and O–H groups in total. The Balaban J connectivity index is 2.32. The van der Waals surface area contributed by atoms with Crippen molar-refractivity contribution in [3.8, 4) is 0 Å². The molecule has 0 spiro atoms. The summed E-state index contributed by atoms with van der Waals surface area (Å²) in [6, 6.07) is 4.69. The van der Waals surface area contributed by atoms with Gasteiger partial charge >= 0.3 is 5.97 Å². The number of hydrogen-bond acceptors (Lipinski definition) is 3. The number of carbonyl (C=O) groups excluding carboxylic acids is 1. The number of carbonyl (C=O) groups is 2. The van der Waals surface area contributed by atoms with Crippen molar-refractivity contribution in [3.63, 3.8) is 0 Å². The van der Waals surface area contributed by atoms with E-state index >= 15 is 0 Å². The van der Waals surface area contributed by atoms with Crippen molar-refractivity contribution >= 4 is 60.8 Å². The highest BCUT2D eigenvalue weighted by Crippen LogP contribution is 2.33. The second kappa shape index (κ2) is 6.02. The Morgan fingerprint density at radius 1 is 1.25 bits per heavy atom. The lowest BCUT2D eigenvalue weighted by molar-refractivity contribution is 0.0698. The van der Waals surface area contributed by atoms with Crippen molar-refractivity contribution in [2.75, 3.05) is 5.32 Å². The van der Waals surface area contributed by atoms with Crippen LogP contribution in [-0.4, -0.2) is 17.0 Å². The van der Waals surface area contributed by atoms with E-state index in [1.807, 2.05) is 0 Å². The Bertz CT molecular complexity index is 683. The van der Waals surface area contributed by atoms with Gasteiger partial charge in [-0.25, -0.2) is 9.18 Å². The average molecular weight is 423 g/mol. The number of halogens is 3. The van der Waals surface area contributed by atoms with Crippen LogP contribution < -0.4 is 5.32 Å². The predicted octanol–water partition coefficient (Wildman–Crippen LogP) is 4.36. The van der Waals surface area contributed by atoms with Crippen LogP contribution in [-0.2, 0) is 0 Å². The fourth-order valence-electron chi connectivity index (χ4n) is 1.45. The van der Waals surface area contributed by atoms with E-state index in [1.54, 1.807) is 6.07 Å². The first kappa shape index (κ1) is 15.1. The molecular weight excluding hydrogens is 417 g/mol. The number of nitrogens with one attached hydrogen (secondary N) is 1. The van der Waals surface area contributed by atoms with Gasteiger partial charge in [-0.3, -0.25) is 4.79 Å². The van der Waals surface area contributed by atoms with Gasteiger partial charge in [0.1, 0.15) is 5.82 Å². The molecule has 0 saturated heterocycles. The molecule has 104 valence electrons. The Hall–Kier alpha value is -1.25. The van der Waals surface area contributed by atoms with Crippen LogP contribution in [0.5, 0.6) is 0 Å². The summed E-state index contributed by atoms with van der Waals surface area (Å²) in [5.41, 5.74) is -0.252. The minimum Gasteiger partial charge on any atom is -0.478 e. The number of rotatable bonds is 3. The first-order chi connectivity index (χ1) is 9.38. The van der Waals surface area contributed by atoms with Crippen molar-refractivity contribution in [1.29, 1.82) is 0 Å². The molecule has 0 aliphatic heterocycles. The highest BCUT2D eigenvalue weighted by molar-refractivity contribution is 9.13. The lowest BCUT2D eigenvalue weighted by Crippen LogP contribution is -2.13. The molecule has 1 aromatic carbocycles. The monoisotopic (exact) mass is 421 g/mol. The van der Waals surface area contributed by atoms with E-state index in [9.17, 15) is 14.0 Å². The van der Waals surface area contributed by atoms with Crippen LogP contribution in [0.4, 0.5) is 10.1 Å². The van der Waals surface area contributed by atoms with Gasteiger partial charge in [0.05, 0.1) is 19.9 Å². The number of carboxylic acids is 1. The maximum atomic E-state index is 13.2. The van der Waals surface area contributed by atoms with Crippen molar-refractivity contribution in [3.05, 3.63) is 48.8 Å². The van der Waals surface area contributed by atoms with Crippen molar-refractivity contribution < 1.29 is 19.1 Å². The smallest absolute Gasteiger partial charge is 0.337 e. The zero-order valence-corrected chi connectivity index (χ0v) is 13.6. The van der Waals surface area contributed by atoms with E-state index in [2.05, 4.69) is 37.2 Å². The molecule has 0 bridgehead atoms. The molecule has 0 atom stereocenters. The molecule has 2 aromatic rings. The molecule has 1 heterocycles. The molecule has 0 saturated carbocycles. The maximum absolute atomic E-state index is 13.2. The number of benzene rings is 1. The first-order valence-corrected chi connectivity index (χ1v) is 7.57. The quantitative estimate of drug-likeness (QED) is 0.772. The number of carboxylic acid groups (broad SMARTS) is 1. The molecule has 4 nitrogen and oxygen atoms in total. The summed E-state index contributed by atoms with van der Waals surface area (Å²) in [4.78, 5) is 23.4. The summed E-state index contributed by atoms with van der Waals surface area (Å²) in [6.45, 7) is 0. The number of anilines is 1. The van der Waals surface area contributed by atoms with Gasteiger partial charge in [-0.1, -0.05) is 0 Å². The van der Waals surface area contributed by atoms with Gasteiger partial charge in [-0.05, 0) is 56.1 Å². The molecular formula is C12H6Br2FNO3S. The van der Waals surface area contributed by atoms with E-state index in [-0.39, 0.29) is 11.3 Å². The van der Waals surface area contributed by atoms with Gasteiger partial charge in [0.2, 0.25) is 0 Å². The molecule has 0 fully saturated rings. The summed E-state index contributed by atoms with van der Waals surface area (Å²) in [6.07, 6.45) is 0. The Morgan fingerprint density at radius 2 is 1.95 bits per heavy atom. The topological polar surface area (TPSA) is 66.4 Å². The SMILES string of the molecule is O=C(Nc1cc(F)ccc1C(=O)O)c1cc(Br)c(Br)s1. The summed E-state index contributed by atoms with van der Waals surface area (Å²) < 4.78 is 14.6. The third-order valence-electron chi connectivity index (χ3n) is 2.33. The van der Waals surface area contributed by atoms with Crippen molar-refractivity contribution in [1.82, 2.24) is 0 Å². The zero-order valence-electron chi connectivity index (χ0n) is 9.62. The third kappa shape index (κ3) is 3.25. The van der Waals surface area contributed by atoms with Gasteiger partial charge in [-0.15, -0.1) is 11.3 Å². The lowest BCUT2D eigenvalue weighted by Gasteiger charge is -2.07. The number of thiophene rings is 1. The normalized spacial score (nSPS) is 10.3. The van der Waals surface area contributed by atoms with Crippen LogP contribution in [0.25, 0.3) is 0 Å². The Kier molecular flexibility index (Phi) is 4.56. The van der Waals surface area contributed by atoms with Crippen LogP contribution in [0.1, 0.15) is 20.0 Å². The molecule has 20 heavy (non-hydrogen) atoms. The van der Waals surface area contributed by atoms with E-state index in [4.69, 9.17) is 5.11 Å². The summed E-state index contributed by atoms with van der Waals surface area (Å²) in [5.74, 6) is -2.37. The fourth-order valence-corrected chi connectivity index (χ4v) is 3.38. The third-order valence-corrected chi connectivity index (χ3v) is 5.58. The van der Waals surface area contributed by atoms with Gasteiger partial charge in [0.25, 0.3) is 5.91 Å². The Labute approximate surface area is 133 Å². The second-order valence-electron chi connectivity index (χ2n) is 3.68.